The van der Waals surface area contributed by atoms with Crippen molar-refractivity contribution in [3.8, 4) is 0 Å². The molecule has 0 aliphatic rings. The van der Waals surface area contributed by atoms with Gasteiger partial charge in [0.25, 0.3) is 0 Å². The number of hydrogen-bond acceptors (Lipinski definition) is 2. The molecule has 1 heterocycles. The van der Waals surface area contributed by atoms with Crippen LogP contribution < -0.4 is 5.32 Å². The summed E-state index contributed by atoms with van der Waals surface area (Å²) in [5.74, 6) is 0.941. The molecule has 0 saturated carbocycles. The Morgan fingerprint density at radius 1 is 1.41 bits per heavy atom. The maximum atomic E-state index is 5.82. The standard InChI is InChI=1S/C12H12ClN3S/c1-2-11-14-7-8-16(11)12(17)15-10-5-3-9(13)4-6-10/h3-8H,2H2,1H3,(H,15,17). The second-order valence-electron chi connectivity index (χ2n) is 3.50. The van der Waals surface area contributed by atoms with E-state index in [0.29, 0.717) is 10.1 Å². The van der Waals surface area contributed by atoms with Crippen LogP contribution in [-0.2, 0) is 6.42 Å². The minimum atomic E-state index is 0.613. The van der Waals surface area contributed by atoms with Gasteiger partial charge in [-0.25, -0.2) is 4.98 Å². The van der Waals surface area contributed by atoms with Crippen molar-refractivity contribution in [3.63, 3.8) is 0 Å². The van der Waals surface area contributed by atoms with E-state index in [2.05, 4.69) is 10.3 Å². The van der Waals surface area contributed by atoms with Crippen molar-refractivity contribution in [2.24, 2.45) is 0 Å². The van der Waals surface area contributed by atoms with E-state index < -0.39 is 0 Å². The number of anilines is 1. The molecule has 17 heavy (non-hydrogen) atoms. The molecule has 1 aromatic heterocycles. The van der Waals surface area contributed by atoms with Crippen LogP contribution in [0.3, 0.4) is 0 Å². The number of hydrogen-bond donors (Lipinski definition) is 1. The van der Waals surface area contributed by atoms with Crippen LogP contribution in [0.4, 0.5) is 5.69 Å². The molecule has 0 bridgehead atoms. The first kappa shape index (κ1) is 12.1. The van der Waals surface area contributed by atoms with Crippen LogP contribution in [-0.4, -0.2) is 14.7 Å². The topological polar surface area (TPSA) is 29.9 Å². The van der Waals surface area contributed by atoms with Gasteiger partial charge in [0, 0.05) is 29.5 Å². The molecule has 1 aromatic carbocycles. The maximum Gasteiger partial charge on any atom is 0.183 e. The van der Waals surface area contributed by atoms with Gasteiger partial charge in [0.1, 0.15) is 5.82 Å². The van der Waals surface area contributed by atoms with Crippen molar-refractivity contribution < 1.29 is 0 Å². The van der Waals surface area contributed by atoms with Crippen LogP contribution in [0.1, 0.15) is 12.7 Å². The van der Waals surface area contributed by atoms with E-state index >= 15 is 0 Å². The Bertz CT molecular complexity index is 519. The molecule has 0 atom stereocenters. The minimum Gasteiger partial charge on any atom is -0.332 e. The Morgan fingerprint density at radius 3 is 2.76 bits per heavy atom. The molecular formula is C12H12ClN3S. The summed E-state index contributed by atoms with van der Waals surface area (Å²) in [5, 5.41) is 4.46. The Labute approximate surface area is 110 Å². The van der Waals surface area contributed by atoms with Crippen molar-refractivity contribution >= 4 is 34.6 Å². The zero-order chi connectivity index (χ0) is 12.3. The fraction of sp³-hybridized carbons (Fsp3) is 0.167. The minimum absolute atomic E-state index is 0.613. The zero-order valence-corrected chi connectivity index (χ0v) is 10.9. The first-order valence-electron chi connectivity index (χ1n) is 5.30. The molecule has 2 aromatic rings. The van der Waals surface area contributed by atoms with E-state index in [4.69, 9.17) is 23.8 Å². The zero-order valence-electron chi connectivity index (χ0n) is 9.35. The average molecular weight is 266 g/mol. The molecule has 0 fully saturated rings. The molecule has 3 nitrogen and oxygen atoms in total. The highest BCUT2D eigenvalue weighted by Gasteiger charge is 2.05. The predicted molar refractivity (Wildman–Crippen MR) is 74.7 cm³/mol. The number of imidazole rings is 1. The van der Waals surface area contributed by atoms with Crippen molar-refractivity contribution in [2.45, 2.75) is 13.3 Å². The van der Waals surface area contributed by atoms with Gasteiger partial charge in [-0.1, -0.05) is 18.5 Å². The summed E-state index contributed by atoms with van der Waals surface area (Å²) in [6.45, 7) is 2.05. The van der Waals surface area contributed by atoms with E-state index in [1.165, 1.54) is 0 Å². The molecule has 5 heteroatoms. The fourth-order valence-electron chi connectivity index (χ4n) is 1.50. The van der Waals surface area contributed by atoms with E-state index in [1.807, 2.05) is 42.0 Å². The van der Waals surface area contributed by atoms with Crippen LogP contribution in [0.15, 0.2) is 36.7 Å². The summed E-state index contributed by atoms with van der Waals surface area (Å²) in [5.41, 5.74) is 0.912. The first-order chi connectivity index (χ1) is 8.20. The number of thiocarbonyl (C=S) groups is 1. The molecule has 0 saturated heterocycles. The van der Waals surface area contributed by atoms with Crippen molar-refractivity contribution in [3.05, 3.63) is 47.5 Å². The van der Waals surface area contributed by atoms with Gasteiger partial charge in [0.05, 0.1) is 0 Å². The van der Waals surface area contributed by atoms with Crippen molar-refractivity contribution in [1.82, 2.24) is 9.55 Å². The van der Waals surface area contributed by atoms with Crippen LogP contribution in [0, 0.1) is 0 Å². The van der Waals surface area contributed by atoms with E-state index in [9.17, 15) is 0 Å². The average Bonchev–Trinajstić information content (AvgIpc) is 2.80. The van der Waals surface area contributed by atoms with Gasteiger partial charge in [0.15, 0.2) is 5.11 Å². The van der Waals surface area contributed by atoms with Crippen molar-refractivity contribution in [2.75, 3.05) is 5.32 Å². The smallest absolute Gasteiger partial charge is 0.183 e. The van der Waals surface area contributed by atoms with E-state index in [0.717, 1.165) is 17.9 Å². The molecular weight excluding hydrogens is 254 g/mol. The SMILES string of the molecule is CCc1nccn1C(=S)Nc1ccc(Cl)cc1. The Hall–Kier alpha value is -1.39. The van der Waals surface area contributed by atoms with Gasteiger partial charge in [-0.3, -0.25) is 4.57 Å². The van der Waals surface area contributed by atoms with Crippen LogP contribution in [0.2, 0.25) is 5.02 Å². The number of rotatable bonds is 2. The number of aryl methyl sites for hydroxylation is 1. The van der Waals surface area contributed by atoms with Crippen LogP contribution in [0.5, 0.6) is 0 Å². The lowest BCUT2D eigenvalue weighted by atomic mass is 10.3. The highest BCUT2D eigenvalue weighted by Crippen LogP contribution is 2.14. The van der Waals surface area contributed by atoms with Gasteiger partial charge in [-0.05, 0) is 36.5 Å². The largest absolute Gasteiger partial charge is 0.332 e. The number of nitrogens with zero attached hydrogens (tertiary/aromatic N) is 2. The normalized spacial score (nSPS) is 10.2. The Kier molecular flexibility index (Phi) is 3.76. The third kappa shape index (κ3) is 2.84. The summed E-state index contributed by atoms with van der Waals surface area (Å²) in [7, 11) is 0. The summed E-state index contributed by atoms with van der Waals surface area (Å²) in [6.07, 6.45) is 4.44. The van der Waals surface area contributed by atoms with Crippen LogP contribution in [0.25, 0.3) is 0 Å². The number of aromatic nitrogens is 2. The van der Waals surface area contributed by atoms with Gasteiger partial charge in [-0.15, -0.1) is 0 Å². The first-order valence-corrected chi connectivity index (χ1v) is 6.08. The van der Waals surface area contributed by atoms with Gasteiger partial charge in [0.2, 0.25) is 0 Å². The molecule has 0 unspecified atom stereocenters. The summed E-state index contributed by atoms with van der Waals surface area (Å²) < 4.78 is 1.87. The number of halogens is 1. The lowest BCUT2D eigenvalue weighted by molar-refractivity contribution is 0.930. The quantitative estimate of drug-likeness (QED) is 0.845. The molecule has 2 rings (SSSR count). The Balaban J connectivity index is 2.14. The molecule has 0 amide bonds. The number of nitrogens with one attached hydrogen (secondary N) is 1. The Morgan fingerprint density at radius 2 is 2.12 bits per heavy atom. The fourth-order valence-corrected chi connectivity index (χ4v) is 1.91. The number of benzene rings is 1. The second kappa shape index (κ2) is 5.29. The summed E-state index contributed by atoms with van der Waals surface area (Å²) in [6, 6.07) is 7.41. The van der Waals surface area contributed by atoms with E-state index in [-0.39, 0.29) is 0 Å². The third-order valence-corrected chi connectivity index (χ3v) is 2.90. The molecule has 0 aliphatic heterocycles. The molecule has 0 radical (unpaired) electrons. The third-order valence-electron chi connectivity index (χ3n) is 2.35. The molecule has 1 N–H and O–H groups in total. The summed E-state index contributed by atoms with van der Waals surface area (Å²) >= 11 is 11.1. The lowest BCUT2D eigenvalue weighted by Gasteiger charge is -2.10. The molecule has 88 valence electrons. The van der Waals surface area contributed by atoms with Crippen molar-refractivity contribution in [1.29, 1.82) is 0 Å². The van der Waals surface area contributed by atoms with E-state index in [1.54, 1.807) is 6.20 Å². The molecule has 0 spiro atoms. The highest BCUT2D eigenvalue weighted by molar-refractivity contribution is 7.80. The molecule has 0 aliphatic carbocycles. The van der Waals surface area contributed by atoms with Gasteiger partial charge >= 0.3 is 0 Å². The van der Waals surface area contributed by atoms with Gasteiger partial charge < -0.3 is 5.32 Å². The maximum absolute atomic E-state index is 5.82. The summed E-state index contributed by atoms with van der Waals surface area (Å²) in [4.78, 5) is 4.23. The highest BCUT2D eigenvalue weighted by atomic mass is 35.5. The van der Waals surface area contributed by atoms with Gasteiger partial charge in [-0.2, -0.15) is 0 Å². The predicted octanol–water partition coefficient (Wildman–Crippen LogP) is 3.34. The second-order valence-corrected chi connectivity index (χ2v) is 4.33. The lowest BCUT2D eigenvalue weighted by Crippen LogP contribution is -2.20. The monoisotopic (exact) mass is 265 g/mol. The van der Waals surface area contributed by atoms with Crippen LogP contribution >= 0.6 is 23.8 Å².